The van der Waals surface area contributed by atoms with Crippen LogP contribution < -0.4 is 5.56 Å². The van der Waals surface area contributed by atoms with Crippen LogP contribution in [-0.4, -0.2) is 26.4 Å². The van der Waals surface area contributed by atoms with Gasteiger partial charge in [0, 0.05) is 30.1 Å². The van der Waals surface area contributed by atoms with Gasteiger partial charge in [-0.1, -0.05) is 0 Å². The van der Waals surface area contributed by atoms with E-state index in [9.17, 15) is 4.79 Å². The number of rotatable bonds is 3. The minimum Gasteiger partial charge on any atom is -0.461 e. The number of H-pyrrole nitrogens is 1. The van der Waals surface area contributed by atoms with Crippen LogP contribution in [0.1, 0.15) is 21.8 Å². The second-order valence-electron chi connectivity index (χ2n) is 5.64. The van der Waals surface area contributed by atoms with E-state index in [2.05, 4.69) is 19.9 Å². The van der Waals surface area contributed by atoms with Gasteiger partial charge in [0.1, 0.15) is 0 Å². The third kappa shape index (κ3) is 2.73. The Kier molecular flexibility index (Phi) is 3.59. The van der Waals surface area contributed by atoms with E-state index < -0.39 is 0 Å². The minimum atomic E-state index is -0.0602. The molecule has 0 spiro atoms. The molecule has 0 fully saturated rings. The van der Waals surface area contributed by atoms with Crippen LogP contribution in [0, 0.1) is 6.92 Å². The van der Waals surface area contributed by atoms with Gasteiger partial charge in [0.05, 0.1) is 23.2 Å². The average Bonchev–Trinajstić information content (AvgIpc) is 3.20. The highest BCUT2D eigenvalue weighted by Gasteiger charge is 2.22. The van der Waals surface area contributed by atoms with Crippen molar-refractivity contribution in [3.63, 3.8) is 0 Å². The Bertz CT molecular complexity index is 882. The largest absolute Gasteiger partial charge is 0.461 e. The number of hydrogen-bond donors (Lipinski definition) is 1. The van der Waals surface area contributed by atoms with E-state index in [1.54, 1.807) is 29.7 Å². The van der Waals surface area contributed by atoms with Gasteiger partial charge >= 0.3 is 0 Å². The van der Waals surface area contributed by atoms with Crippen molar-refractivity contribution in [2.24, 2.45) is 0 Å². The van der Waals surface area contributed by atoms with E-state index in [0.717, 1.165) is 30.0 Å². The summed E-state index contributed by atoms with van der Waals surface area (Å²) < 4.78 is 5.34. The predicted octanol–water partition coefficient (Wildman–Crippen LogP) is 2.35. The Labute approximate surface area is 136 Å². The van der Waals surface area contributed by atoms with Crippen molar-refractivity contribution >= 4 is 11.3 Å². The van der Waals surface area contributed by atoms with Gasteiger partial charge in [0.15, 0.2) is 11.6 Å². The molecule has 0 atom stereocenters. The number of aryl methyl sites for hydroxylation is 1. The molecular formula is C16H16N4O2S. The van der Waals surface area contributed by atoms with Crippen molar-refractivity contribution in [1.29, 1.82) is 0 Å². The van der Waals surface area contributed by atoms with Gasteiger partial charge in [0.25, 0.3) is 5.56 Å². The molecule has 0 saturated carbocycles. The maximum atomic E-state index is 12.3. The number of nitrogens with zero attached hydrogens (tertiary/aromatic N) is 3. The van der Waals surface area contributed by atoms with Crippen LogP contribution in [0.5, 0.6) is 0 Å². The Hall–Kier alpha value is -2.25. The lowest BCUT2D eigenvalue weighted by molar-refractivity contribution is 0.242. The van der Waals surface area contributed by atoms with Crippen LogP contribution >= 0.6 is 11.3 Å². The lowest BCUT2D eigenvalue weighted by Gasteiger charge is -2.27. The molecule has 0 aromatic carbocycles. The molecule has 0 saturated heterocycles. The van der Waals surface area contributed by atoms with Crippen LogP contribution in [0.15, 0.2) is 33.1 Å². The molecule has 0 aliphatic carbocycles. The molecule has 7 heteroatoms. The summed E-state index contributed by atoms with van der Waals surface area (Å²) in [7, 11) is 0. The number of furan rings is 1. The Morgan fingerprint density at radius 1 is 1.48 bits per heavy atom. The fraction of sp³-hybridized carbons (Fsp3) is 0.312. The van der Waals surface area contributed by atoms with Gasteiger partial charge in [-0.2, -0.15) is 0 Å². The van der Waals surface area contributed by atoms with E-state index in [1.165, 1.54) is 4.88 Å². The topological polar surface area (TPSA) is 75.0 Å². The summed E-state index contributed by atoms with van der Waals surface area (Å²) in [4.78, 5) is 27.6. The summed E-state index contributed by atoms with van der Waals surface area (Å²) in [5.74, 6) is 1.08. The summed E-state index contributed by atoms with van der Waals surface area (Å²) >= 11 is 1.67. The highest BCUT2D eigenvalue weighted by molar-refractivity contribution is 7.09. The standard InChI is InChI=1S/C16H16N4O2S/c1-10-14(23-9-17-10)8-20-5-4-11-12(7-20)18-15(19-16(11)21)13-3-2-6-22-13/h2-3,6,9H,4-5,7-8H2,1H3,(H,18,19,21). The van der Waals surface area contributed by atoms with Crippen molar-refractivity contribution in [3.05, 3.63) is 56.1 Å². The predicted molar refractivity (Wildman–Crippen MR) is 87.2 cm³/mol. The summed E-state index contributed by atoms with van der Waals surface area (Å²) in [5.41, 5.74) is 4.53. The number of thiazole rings is 1. The molecule has 4 heterocycles. The van der Waals surface area contributed by atoms with Gasteiger partial charge in [-0.05, 0) is 25.5 Å². The second-order valence-corrected chi connectivity index (χ2v) is 6.58. The minimum absolute atomic E-state index is 0.0602. The van der Waals surface area contributed by atoms with Crippen LogP contribution in [0.25, 0.3) is 11.6 Å². The molecule has 0 radical (unpaired) electrons. The molecule has 6 nitrogen and oxygen atoms in total. The SMILES string of the molecule is Cc1ncsc1CN1CCc2c(nc(-c3ccco3)[nH]c2=O)C1. The molecule has 3 aromatic heterocycles. The molecule has 23 heavy (non-hydrogen) atoms. The third-order valence-electron chi connectivity index (χ3n) is 4.12. The van der Waals surface area contributed by atoms with E-state index in [-0.39, 0.29) is 5.56 Å². The van der Waals surface area contributed by atoms with Gasteiger partial charge < -0.3 is 9.40 Å². The summed E-state index contributed by atoms with van der Waals surface area (Å²) in [5, 5.41) is 0. The second kappa shape index (κ2) is 5.75. The molecule has 1 aliphatic heterocycles. The first kappa shape index (κ1) is 14.3. The normalized spacial score (nSPS) is 14.8. The summed E-state index contributed by atoms with van der Waals surface area (Å²) in [6.45, 7) is 4.40. The number of nitrogens with one attached hydrogen (secondary N) is 1. The van der Waals surface area contributed by atoms with Crippen molar-refractivity contribution < 1.29 is 4.42 Å². The van der Waals surface area contributed by atoms with E-state index in [0.29, 0.717) is 24.6 Å². The van der Waals surface area contributed by atoms with Crippen molar-refractivity contribution in [2.45, 2.75) is 26.4 Å². The first-order chi connectivity index (χ1) is 11.2. The lowest BCUT2D eigenvalue weighted by Crippen LogP contribution is -2.35. The number of fused-ring (bicyclic) bond motifs is 1. The maximum Gasteiger partial charge on any atom is 0.254 e. The van der Waals surface area contributed by atoms with E-state index in [4.69, 9.17) is 4.42 Å². The molecule has 118 valence electrons. The molecule has 0 amide bonds. The fourth-order valence-electron chi connectivity index (χ4n) is 2.84. The monoisotopic (exact) mass is 328 g/mol. The summed E-state index contributed by atoms with van der Waals surface area (Å²) in [6, 6.07) is 3.58. The van der Waals surface area contributed by atoms with Gasteiger partial charge in [-0.25, -0.2) is 9.97 Å². The Morgan fingerprint density at radius 2 is 2.39 bits per heavy atom. The maximum absolute atomic E-state index is 12.3. The van der Waals surface area contributed by atoms with Crippen molar-refractivity contribution in [1.82, 2.24) is 19.9 Å². The number of aromatic amines is 1. The fourth-order valence-corrected chi connectivity index (χ4v) is 3.66. The Balaban J connectivity index is 1.63. The average molecular weight is 328 g/mol. The molecule has 0 unspecified atom stereocenters. The zero-order valence-electron chi connectivity index (χ0n) is 12.7. The highest BCUT2D eigenvalue weighted by Crippen LogP contribution is 2.22. The summed E-state index contributed by atoms with van der Waals surface area (Å²) in [6.07, 6.45) is 2.29. The molecular weight excluding hydrogens is 312 g/mol. The first-order valence-electron chi connectivity index (χ1n) is 7.48. The zero-order valence-corrected chi connectivity index (χ0v) is 13.5. The molecule has 0 bridgehead atoms. The molecule has 1 aliphatic rings. The van der Waals surface area contributed by atoms with Crippen LogP contribution in [0.4, 0.5) is 0 Å². The number of aromatic nitrogens is 3. The smallest absolute Gasteiger partial charge is 0.254 e. The molecule has 4 rings (SSSR count). The zero-order chi connectivity index (χ0) is 15.8. The molecule has 1 N–H and O–H groups in total. The van der Waals surface area contributed by atoms with E-state index >= 15 is 0 Å². The highest BCUT2D eigenvalue weighted by atomic mass is 32.1. The van der Waals surface area contributed by atoms with Gasteiger partial charge in [0.2, 0.25) is 0 Å². The third-order valence-corrected chi connectivity index (χ3v) is 5.04. The number of hydrogen-bond acceptors (Lipinski definition) is 6. The quantitative estimate of drug-likeness (QED) is 0.799. The van der Waals surface area contributed by atoms with Crippen molar-refractivity contribution in [2.75, 3.05) is 6.54 Å². The van der Waals surface area contributed by atoms with Gasteiger partial charge in [-0.3, -0.25) is 9.69 Å². The van der Waals surface area contributed by atoms with Crippen LogP contribution in [-0.2, 0) is 19.5 Å². The van der Waals surface area contributed by atoms with Gasteiger partial charge in [-0.15, -0.1) is 11.3 Å². The lowest BCUT2D eigenvalue weighted by atomic mass is 10.1. The first-order valence-corrected chi connectivity index (χ1v) is 8.36. The molecule has 3 aromatic rings. The Morgan fingerprint density at radius 3 is 3.13 bits per heavy atom. The van der Waals surface area contributed by atoms with Crippen molar-refractivity contribution in [3.8, 4) is 11.6 Å². The van der Waals surface area contributed by atoms with E-state index in [1.807, 2.05) is 12.4 Å². The van der Waals surface area contributed by atoms with Crippen LogP contribution in [0.3, 0.4) is 0 Å². The van der Waals surface area contributed by atoms with Crippen LogP contribution in [0.2, 0.25) is 0 Å².